The Bertz CT molecular complexity index is 387. The van der Waals surface area contributed by atoms with Crippen LogP contribution in [0.25, 0.3) is 0 Å². The summed E-state index contributed by atoms with van der Waals surface area (Å²) in [6.45, 7) is 3.11. The van der Waals surface area contributed by atoms with Crippen molar-refractivity contribution in [3.63, 3.8) is 0 Å². The quantitative estimate of drug-likeness (QED) is 0.715. The lowest BCUT2D eigenvalue weighted by atomic mass is 10.0. The normalized spacial score (nSPS) is 12.6. The van der Waals surface area contributed by atoms with Crippen LogP contribution in [0.1, 0.15) is 24.5 Å². The number of fused-ring (bicyclic) bond motifs is 1. The SMILES string of the molecule is CCCc1cc2c(cc1COC=O)OCO2. The van der Waals surface area contributed by atoms with Crippen molar-refractivity contribution < 1.29 is 19.0 Å². The third kappa shape index (κ3) is 2.10. The molecule has 86 valence electrons. The van der Waals surface area contributed by atoms with Crippen molar-refractivity contribution in [2.24, 2.45) is 0 Å². The van der Waals surface area contributed by atoms with Crippen molar-refractivity contribution in [1.29, 1.82) is 0 Å². The maximum atomic E-state index is 10.2. The monoisotopic (exact) mass is 222 g/mol. The summed E-state index contributed by atoms with van der Waals surface area (Å²) < 4.78 is 15.4. The van der Waals surface area contributed by atoms with Gasteiger partial charge in [0.2, 0.25) is 6.79 Å². The summed E-state index contributed by atoms with van der Waals surface area (Å²) in [7, 11) is 0. The largest absolute Gasteiger partial charge is 0.463 e. The van der Waals surface area contributed by atoms with E-state index in [1.165, 1.54) is 0 Å². The molecule has 0 saturated heterocycles. The summed E-state index contributed by atoms with van der Waals surface area (Å²) in [5.74, 6) is 1.50. The highest BCUT2D eigenvalue weighted by Gasteiger charge is 2.16. The smallest absolute Gasteiger partial charge is 0.293 e. The second-order valence-corrected chi connectivity index (χ2v) is 3.63. The van der Waals surface area contributed by atoms with E-state index < -0.39 is 0 Å². The third-order valence-electron chi connectivity index (χ3n) is 2.52. The standard InChI is InChI=1S/C12H14O4/c1-2-3-9-4-11-12(16-8-15-11)5-10(9)6-14-7-13/h4-5,7H,2-3,6,8H2,1H3. The summed E-state index contributed by atoms with van der Waals surface area (Å²) in [5.41, 5.74) is 2.13. The van der Waals surface area contributed by atoms with Gasteiger partial charge in [-0.05, 0) is 29.7 Å². The van der Waals surface area contributed by atoms with Crippen LogP contribution in [0.3, 0.4) is 0 Å². The topological polar surface area (TPSA) is 44.8 Å². The lowest BCUT2D eigenvalue weighted by Crippen LogP contribution is -1.97. The molecule has 0 N–H and O–H groups in total. The van der Waals surface area contributed by atoms with Gasteiger partial charge >= 0.3 is 0 Å². The highest BCUT2D eigenvalue weighted by atomic mass is 16.7. The van der Waals surface area contributed by atoms with Crippen LogP contribution in [0.4, 0.5) is 0 Å². The fourth-order valence-corrected chi connectivity index (χ4v) is 1.79. The average Bonchev–Trinajstić information content (AvgIpc) is 2.73. The second kappa shape index (κ2) is 4.88. The van der Waals surface area contributed by atoms with Crippen LogP contribution in [0.2, 0.25) is 0 Å². The van der Waals surface area contributed by atoms with Gasteiger partial charge in [-0.3, -0.25) is 4.79 Å². The number of hydrogen-bond acceptors (Lipinski definition) is 4. The van der Waals surface area contributed by atoms with Gasteiger partial charge in [0.05, 0.1) is 0 Å². The molecule has 0 aliphatic carbocycles. The average molecular weight is 222 g/mol. The Balaban J connectivity index is 2.28. The van der Waals surface area contributed by atoms with Gasteiger partial charge in [-0.1, -0.05) is 13.3 Å². The zero-order valence-corrected chi connectivity index (χ0v) is 9.19. The van der Waals surface area contributed by atoms with Gasteiger partial charge in [-0.25, -0.2) is 0 Å². The van der Waals surface area contributed by atoms with E-state index in [1.807, 2.05) is 12.1 Å². The number of carbonyl (C=O) groups excluding carboxylic acids is 1. The fourth-order valence-electron chi connectivity index (χ4n) is 1.79. The second-order valence-electron chi connectivity index (χ2n) is 3.63. The Morgan fingerprint density at radius 3 is 2.62 bits per heavy atom. The zero-order chi connectivity index (χ0) is 11.4. The van der Waals surface area contributed by atoms with Crippen LogP contribution in [-0.4, -0.2) is 13.3 Å². The van der Waals surface area contributed by atoms with Gasteiger partial charge in [0.15, 0.2) is 11.5 Å². The first-order valence-electron chi connectivity index (χ1n) is 5.31. The minimum absolute atomic E-state index is 0.263. The molecule has 0 unspecified atom stereocenters. The number of aryl methyl sites for hydroxylation is 1. The third-order valence-corrected chi connectivity index (χ3v) is 2.52. The van der Waals surface area contributed by atoms with Crippen molar-refractivity contribution in [3.05, 3.63) is 23.3 Å². The van der Waals surface area contributed by atoms with E-state index in [0.717, 1.165) is 35.5 Å². The Morgan fingerprint density at radius 1 is 1.31 bits per heavy atom. The number of ether oxygens (including phenoxy) is 3. The lowest BCUT2D eigenvalue weighted by molar-refractivity contribution is -0.129. The van der Waals surface area contributed by atoms with Gasteiger partial charge in [0, 0.05) is 0 Å². The molecule has 4 heteroatoms. The number of carbonyl (C=O) groups is 1. The van der Waals surface area contributed by atoms with Crippen LogP contribution >= 0.6 is 0 Å². The molecule has 1 aliphatic rings. The van der Waals surface area contributed by atoms with Crippen molar-refractivity contribution in [3.8, 4) is 11.5 Å². The van der Waals surface area contributed by atoms with Gasteiger partial charge in [0.1, 0.15) is 6.61 Å². The van der Waals surface area contributed by atoms with Gasteiger partial charge in [-0.15, -0.1) is 0 Å². The molecule has 0 amide bonds. The number of rotatable bonds is 5. The van der Waals surface area contributed by atoms with Crippen LogP contribution in [0.5, 0.6) is 11.5 Å². The van der Waals surface area contributed by atoms with E-state index in [4.69, 9.17) is 14.2 Å². The minimum Gasteiger partial charge on any atom is -0.463 e. The number of benzene rings is 1. The summed E-state index contributed by atoms with van der Waals surface area (Å²) in [4.78, 5) is 10.2. The van der Waals surface area contributed by atoms with E-state index in [1.54, 1.807) is 0 Å². The first-order chi connectivity index (χ1) is 7.85. The lowest BCUT2D eigenvalue weighted by Gasteiger charge is -2.09. The summed E-state index contributed by atoms with van der Waals surface area (Å²) in [6, 6.07) is 3.85. The van der Waals surface area contributed by atoms with Crippen LogP contribution < -0.4 is 9.47 Å². The predicted molar refractivity (Wildman–Crippen MR) is 57.4 cm³/mol. The molecule has 1 aliphatic heterocycles. The Hall–Kier alpha value is -1.71. The molecular formula is C12H14O4. The van der Waals surface area contributed by atoms with E-state index in [0.29, 0.717) is 6.47 Å². The highest BCUT2D eigenvalue weighted by Crippen LogP contribution is 2.35. The Labute approximate surface area is 94.1 Å². The summed E-state index contributed by atoms with van der Waals surface area (Å²) in [6.07, 6.45) is 1.97. The molecule has 0 fully saturated rings. The molecule has 1 heterocycles. The number of hydrogen-bond donors (Lipinski definition) is 0. The molecule has 4 nitrogen and oxygen atoms in total. The molecule has 2 rings (SSSR count). The van der Waals surface area contributed by atoms with E-state index in [9.17, 15) is 4.79 Å². The molecule has 1 aromatic carbocycles. The van der Waals surface area contributed by atoms with Crippen molar-refractivity contribution in [2.45, 2.75) is 26.4 Å². The molecular weight excluding hydrogens is 208 g/mol. The maximum absolute atomic E-state index is 10.2. The molecule has 0 saturated carbocycles. The van der Waals surface area contributed by atoms with E-state index in [2.05, 4.69) is 6.92 Å². The fraction of sp³-hybridized carbons (Fsp3) is 0.417. The zero-order valence-electron chi connectivity index (χ0n) is 9.19. The highest BCUT2D eigenvalue weighted by molar-refractivity contribution is 5.49. The van der Waals surface area contributed by atoms with Crippen molar-refractivity contribution in [1.82, 2.24) is 0 Å². The molecule has 0 spiro atoms. The maximum Gasteiger partial charge on any atom is 0.293 e. The predicted octanol–water partition coefficient (Wildman–Crippen LogP) is 2.04. The molecule has 0 bridgehead atoms. The van der Waals surface area contributed by atoms with Crippen LogP contribution in [0, 0.1) is 0 Å². The summed E-state index contributed by atoms with van der Waals surface area (Å²) >= 11 is 0. The van der Waals surface area contributed by atoms with Crippen molar-refractivity contribution >= 4 is 6.47 Å². The summed E-state index contributed by atoms with van der Waals surface area (Å²) in [5, 5.41) is 0. The Morgan fingerprint density at radius 2 is 2.00 bits per heavy atom. The minimum atomic E-state index is 0.263. The van der Waals surface area contributed by atoms with E-state index >= 15 is 0 Å². The van der Waals surface area contributed by atoms with Crippen LogP contribution in [-0.2, 0) is 22.6 Å². The van der Waals surface area contributed by atoms with Crippen LogP contribution in [0.15, 0.2) is 12.1 Å². The van der Waals surface area contributed by atoms with Gasteiger partial charge in [0.25, 0.3) is 6.47 Å². The first kappa shape index (κ1) is 10.8. The van der Waals surface area contributed by atoms with Gasteiger partial charge in [-0.2, -0.15) is 0 Å². The molecule has 16 heavy (non-hydrogen) atoms. The molecule has 0 radical (unpaired) electrons. The molecule has 0 aromatic heterocycles. The molecule has 1 aromatic rings. The van der Waals surface area contributed by atoms with Gasteiger partial charge < -0.3 is 14.2 Å². The molecule has 0 atom stereocenters. The van der Waals surface area contributed by atoms with Crippen molar-refractivity contribution in [2.75, 3.05) is 6.79 Å². The van der Waals surface area contributed by atoms with E-state index in [-0.39, 0.29) is 13.4 Å². The Kier molecular flexibility index (Phi) is 3.29. The first-order valence-corrected chi connectivity index (χ1v) is 5.31.